The summed E-state index contributed by atoms with van der Waals surface area (Å²) in [5.41, 5.74) is 3.76. The molecule has 1 atom stereocenters. The maximum Gasteiger partial charge on any atom is 0.0595 e. The zero-order valence-electron chi connectivity index (χ0n) is 12.5. The summed E-state index contributed by atoms with van der Waals surface area (Å²) in [5.74, 6) is 0. The fourth-order valence-corrected chi connectivity index (χ4v) is 2.80. The van der Waals surface area contributed by atoms with Crippen LogP contribution in [0.4, 0.5) is 0 Å². The van der Waals surface area contributed by atoms with Gasteiger partial charge in [0.25, 0.3) is 0 Å². The van der Waals surface area contributed by atoms with Gasteiger partial charge in [-0.15, -0.1) is 0 Å². The summed E-state index contributed by atoms with van der Waals surface area (Å²) in [4.78, 5) is 0. The molecule has 0 spiro atoms. The summed E-state index contributed by atoms with van der Waals surface area (Å²) < 4.78 is 0. The van der Waals surface area contributed by atoms with Crippen molar-refractivity contribution < 1.29 is 0 Å². The van der Waals surface area contributed by atoms with Crippen LogP contribution in [0.5, 0.6) is 0 Å². The standard InChI is InChI=1S/C18H21Cl2N/c1-3-5-13-6-8-14(9-7-13)18(21-4-2)15-10-11-16(19)17(20)12-15/h6-12,18,21H,3-5H2,1-2H3. The van der Waals surface area contributed by atoms with Crippen molar-refractivity contribution in [3.05, 3.63) is 69.2 Å². The van der Waals surface area contributed by atoms with E-state index in [9.17, 15) is 0 Å². The molecule has 112 valence electrons. The van der Waals surface area contributed by atoms with Gasteiger partial charge >= 0.3 is 0 Å². The lowest BCUT2D eigenvalue weighted by atomic mass is 9.97. The monoisotopic (exact) mass is 321 g/mol. The minimum Gasteiger partial charge on any atom is -0.307 e. The second-order valence-electron chi connectivity index (χ2n) is 5.16. The van der Waals surface area contributed by atoms with Gasteiger partial charge in [0.15, 0.2) is 0 Å². The molecule has 0 saturated carbocycles. The molecule has 0 radical (unpaired) electrons. The molecule has 1 N–H and O–H groups in total. The van der Waals surface area contributed by atoms with Crippen LogP contribution in [0, 0.1) is 0 Å². The number of halogens is 2. The Morgan fingerprint density at radius 1 is 0.905 bits per heavy atom. The van der Waals surface area contributed by atoms with Crippen LogP contribution in [0.1, 0.15) is 43.0 Å². The Kier molecular flexibility index (Phi) is 6.10. The second kappa shape index (κ2) is 7.84. The van der Waals surface area contributed by atoms with Crippen molar-refractivity contribution in [3.8, 4) is 0 Å². The molecule has 0 heterocycles. The van der Waals surface area contributed by atoms with E-state index in [2.05, 4.69) is 43.4 Å². The summed E-state index contributed by atoms with van der Waals surface area (Å²) in [5, 5.41) is 4.70. The van der Waals surface area contributed by atoms with Gasteiger partial charge in [0.2, 0.25) is 0 Å². The van der Waals surface area contributed by atoms with Crippen LogP contribution in [0.2, 0.25) is 10.0 Å². The first-order chi connectivity index (χ1) is 10.2. The van der Waals surface area contributed by atoms with Crippen LogP contribution in [0.3, 0.4) is 0 Å². The van der Waals surface area contributed by atoms with Crippen molar-refractivity contribution in [3.63, 3.8) is 0 Å². The Morgan fingerprint density at radius 2 is 1.57 bits per heavy atom. The Hall–Kier alpha value is -1.02. The minimum absolute atomic E-state index is 0.139. The third-order valence-corrected chi connectivity index (χ3v) is 4.28. The van der Waals surface area contributed by atoms with Crippen molar-refractivity contribution in [1.29, 1.82) is 0 Å². The Labute approximate surface area is 137 Å². The van der Waals surface area contributed by atoms with E-state index >= 15 is 0 Å². The van der Waals surface area contributed by atoms with Crippen LogP contribution < -0.4 is 5.32 Å². The SMILES string of the molecule is CCCc1ccc(C(NCC)c2ccc(Cl)c(Cl)c2)cc1. The Bertz CT molecular complexity index is 578. The highest BCUT2D eigenvalue weighted by atomic mass is 35.5. The van der Waals surface area contributed by atoms with Gasteiger partial charge < -0.3 is 5.32 Å². The van der Waals surface area contributed by atoms with E-state index in [1.54, 1.807) is 0 Å². The third kappa shape index (κ3) is 4.23. The van der Waals surface area contributed by atoms with E-state index in [-0.39, 0.29) is 6.04 Å². The molecular formula is C18H21Cl2N. The molecule has 0 aliphatic carbocycles. The summed E-state index contributed by atoms with van der Waals surface area (Å²) in [6, 6.07) is 14.8. The topological polar surface area (TPSA) is 12.0 Å². The van der Waals surface area contributed by atoms with Gasteiger partial charge in [-0.25, -0.2) is 0 Å². The van der Waals surface area contributed by atoms with Crippen LogP contribution in [-0.2, 0) is 6.42 Å². The number of nitrogens with one attached hydrogen (secondary N) is 1. The van der Waals surface area contributed by atoms with E-state index in [0.29, 0.717) is 10.0 Å². The molecule has 0 saturated heterocycles. The van der Waals surface area contributed by atoms with E-state index in [1.807, 2.05) is 18.2 Å². The lowest BCUT2D eigenvalue weighted by Gasteiger charge is -2.20. The summed E-state index contributed by atoms with van der Waals surface area (Å²) in [6.07, 6.45) is 2.29. The average molecular weight is 322 g/mol. The molecule has 1 nitrogen and oxygen atoms in total. The molecule has 0 aliphatic heterocycles. The number of aryl methyl sites for hydroxylation is 1. The van der Waals surface area contributed by atoms with Gasteiger partial charge in [0.1, 0.15) is 0 Å². The van der Waals surface area contributed by atoms with Crippen LogP contribution >= 0.6 is 23.2 Å². The lowest BCUT2D eigenvalue weighted by Crippen LogP contribution is -2.22. The molecule has 1 unspecified atom stereocenters. The molecule has 0 bridgehead atoms. The normalized spacial score (nSPS) is 12.4. The molecular weight excluding hydrogens is 301 g/mol. The van der Waals surface area contributed by atoms with Gasteiger partial charge in [0, 0.05) is 0 Å². The number of benzene rings is 2. The summed E-state index contributed by atoms with van der Waals surface area (Å²) >= 11 is 12.2. The van der Waals surface area contributed by atoms with Crippen molar-refractivity contribution in [2.24, 2.45) is 0 Å². The molecule has 0 aromatic heterocycles. The van der Waals surface area contributed by atoms with Crippen molar-refractivity contribution >= 4 is 23.2 Å². The molecule has 0 fully saturated rings. The zero-order valence-corrected chi connectivity index (χ0v) is 14.0. The maximum absolute atomic E-state index is 6.15. The first-order valence-electron chi connectivity index (χ1n) is 7.42. The highest BCUT2D eigenvalue weighted by Gasteiger charge is 2.14. The van der Waals surface area contributed by atoms with Crippen molar-refractivity contribution in [2.75, 3.05) is 6.54 Å². The highest BCUT2D eigenvalue weighted by molar-refractivity contribution is 6.42. The second-order valence-corrected chi connectivity index (χ2v) is 5.97. The quantitative estimate of drug-likeness (QED) is 0.725. The predicted octanol–water partition coefficient (Wildman–Crippen LogP) is 5.64. The van der Waals surface area contributed by atoms with Crippen LogP contribution in [-0.4, -0.2) is 6.54 Å². The van der Waals surface area contributed by atoms with Crippen molar-refractivity contribution in [1.82, 2.24) is 5.32 Å². The van der Waals surface area contributed by atoms with E-state index in [1.165, 1.54) is 17.5 Å². The van der Waals surface area contributed by atoms with Gasteiger partial charge in [-0.1, -0.05) is 73.8 Å². The van der Waals surface area contributed by atoms with Gasteiger partial charge in [-0.3, -0.25) is 0 Å². The third-order valence-electron chi connectivity index (χ3n) is 3.54. The van der Waals surface area contributed by atoms with Gasteiger partial charge in [-0.2, -0.15) is 0 Å². The maximum atomic E-state index is 6.15. The smallest absolute Gasteiger partial charge is 0.0595 e. The fraction of sp³-hybridized carbons (Fsp3) is 0.333. The number of hydrogen-bond acceptors (Lipinski definition) is 1. The Balaban J connectivity index is 2.31. The summed E-state index contributed by atoms with van der Waals surface area (Å²) in [7, 11) is 0. The van der Waals surface area contributed by atoms with Crippen molar-refractivity contribution in [2.45, 2.75) is 32.7 Å². The molecule has 2 aromatic rings. The van der Waals surface area contributed by atoms with E-state index in [4.69, 9.17) is 23.2 Å². The van der Waals surface area contributed by atoms with Gasteiger partial charge in [0.05, 0.1) is 16.1 Å². The highest BCUT2D eigenvalue weighted by Crippen LogP contribution is 2.29. The molecule has 2 aromatic carbocycles. The number of hydrogen-bond donors (Lipinski definition) is 1. The van der Waals surface area contributed by atoms with Crippen LogP contribution in [0.25, 0.3) is 0 Å². The lowest BCUT2D eigenvalue weighted by molar-refractivity contribution is 0.630. The molecule has 2 rings (SSSR count). The predicted molar refractivity (Wildman–Crippen MR) is 92.4 cm³/mol. The van der Waals surface area contributed by atoms with E-state index < -0.39 is 0 Å². The van der Waals surface area contributed by atoms with Gasteiger partial charge in [-0.05, 0) is 41.8 Å². The van der Waals surface area contributed by atoms with E-state index in [0.717, 1.165) is 18.5 Å². The summed E-state index contributed by atoms with van der Waals surface area (Å²) in [6.45, 7) is 5.20. The molecule has 0 amide bonds. The Morgan fingerprint density at radius 3 is 2.14 bits per heavy atom. The fourth-order valence-electron chi connectivity index (χ4n) is 2.49. The van der Waals surface area contributed by atoms with Crippen LogP contribution in [0.15, 0.2) is 42.5 Å². The average Bonchev–Trinajstić information content (AvgIpc) is 2.49. The first-order valence-corrected chi connectivity index (χ1v) is 8.18. The first kappa shape index (κ1) is 16.4. The molecule has 0 aliphatic rings. The largest absolute Gasteiger partial charge is 0.307 e. The molecule has 3 heteroatoms. The molecule has 21 heavy (non-hydrogen) atoms. The number of rotatable bonds is 6. The zero-order chi connectivity index (χ0) is 15.2. The minimum atomic E-state index is 0.139.